The topological polar surface area (TPSA) is 78.5 Å². The third-order valence-corrected chi connectivity index (χ3v) is 6.63. The van der Waals surface area contributed by atoms with Crippen LogP contribution in [0.3, 0.4) is 0 Å². The molecule has 3 aromatic carbocycles. The number of hydrogen-bond donors (Lipinski definition) is 2. The maximum Gasteiger partial charge on any atom is 0.325 e. The van der Waals surface area contributed by atoms with E-state index in [1.807, 2.05) is 73.7 Å². The largest absolute Gasteiger partial charge is 0.354 e. The molecule has 1 atom stereocenters. The van der Waals surface area contributed by atoms with E-state index in [-0.39, 0.29) is 12.5 Å². The molecule has 4 amide bonds. The van der Waals surface area contributed by atoms with E-state index in [4.69, 9.17) is 0 Å². The maximum atomic E-state index is 13.2. The van der Waals surface area contributed by atoms with Gasteiger partial charge in [-0.25, -0.2) is 4.79 Å². The molecule has 0 spiro atoms. The second kappa shape index (κ2) is 9.04. The van der Waals surface area contributed by atoms with Crippen molar-refractivity contribution in [3.8, 4) is 0 Å². The third kappa shape index (κ3) is 4.34. The van der Waals surface area contributed by atoms with Crippen LogP contribution in [-0.2, 0) is 15.1 Å². The van der Waals surface area contributed by atoms with Gasteiger partial charge in [0.2, 0.25) is 5.91 Å². The summed E-state index contributed by atoms with van der Waals surface area (Å²) in [5.74, 6) is -0.0916. The number of thioether (sulfide) groups is 1. The molecule has 32 heavy (non-hydrogen) atoms. The van der Waals surface area contributed by atoms with Crippen molar-refractivity contribution >= 4 is 40.4 Å². The molecule has 1 saturated heterocycles. The van der Waals surface area contributed by atoms with Gasteiger partial charge in [-0.3, -0.25) is 14.5 Å². The van der Waals surface area contributed by atoms with E-state index in [0.717, 1.165) is 20.6 Å². The molecule has 1 aliphatic rings. The first kappa shape index (κ1) is 21.9. The van der Waals surface area contributed by atoms with Crippen molar-refractivity contribution < 1.29 is 14.4 Å². The molecular weight excluding hydrogens is 422 g/mol. The molecular formula is C25H25N3O3S. The molecule has 0 saturated carbocycles. The Bertz CT molecular complexity index is 1170. The summed E-state index contributed by atoms with van der Waals surface area (Å²) in [4.78, 5) is 40.3. The number of nitrogens with one attached hydrogen (secondary N) is 2. The van der Waals surface area contributed by atoms with Crippen molar-refractivity contribution in [2.45, 2.75) is 24.3 Å². The number of benzene rings is 3. The van der Waals surface area contributed by atoms with Crippen molar-refractivity contribution in [3.63, 3.8) is 0 Å². The average Bonchev–Trinajstić information content (AvgIpc) is 3.01. The molecule has 1 heterocycles. The van der Waals surface area contributed by atoms with Crippen LogP contribution in [0.5, 0.6) is 0 Å². The van der Waals surface area contributed by atoms with E-state index in [1.54, 1.807) is 18.7 Å². The number of nitrogens with zero attached hydrogens (tertiary/aromatic N) is 1. The molecule has 7 heteroatoms. The SMILES string of the molecule is Cc1ccc(SCCNC(=O)CN2C(=O)NC(C)(c3cccc4ccccc34)C2=O)cc1. The fourth-order valence-electron chi connectivity index (χ4n) is 3.88. The predicted molar refractivity (Wildman–Crippen MR) is 126 cm³/mol. The average molecular weight is 448 g/mol. The molecule has 0 radical (unpaired) electrons. The first-order valence-electron chi connectivity index (χ1n) is 10.5. The van der Waals surface area contributed by atoms with Gasteiger partial charge < -0.3 is 10.6 Å². The third-order valence-electron chi connectivity index (χ3n) is 5.62. The van der Waals surface area contributed by atoms with Crippen LogP contribution in [0.1, 0.15) is 18.1 Å². The van der Waals surface area contributed by atoms with Crippen LogP contribution in [0.2, 0.25) is 0 Å². The Morgan fingerprint density at radius 1 is 1.03 bits per heavy atom. The Balaban J connectivity index is 1.38. The zero-order chi connectivity index (χ0) is 22.7. The minimum atomic E-state index is -1.22. The number of carbonyl (C=O) groups excluding carboxylic acids is 3. The monoisotopic (exact) mass is 447 g/mol. The number of urea groups is 1. The summed E-state index contributed by atoms with van der Waals surface area (Å²) in [6.45, 7) is 3.86. The second-order valence-corrected chi connectivity index (χ2v) is 9.15. The van der Waals surface area contributed by atoms with Gasteiger partial charge in [0.05, 0.1) is 0 Å². The smallest absolute Gasteiger partial charge is 0.325 e. The standard InChI is InChI=1S/C25H25N3O3S/c1-17-10-12-19(13-11-17)32-15-14-26-22(29)16-28-23(30)25(2,27-24(28)31)21-9-5-7-18-6-3-4-8-20(18)21/h3-13H,14-16H2,1-2H3,(H,26,29)(H,27,31). The number of carbonyl (C=O) groups is 3. The Hall–Kier alpha value is -3.32. The highest BCUT2D eigenvalue weighted by Crippen LogP contribution is 2.33. The van der Waals surface area contributed by atoms with Crippen LogP contribution >= 0.6 is 11.8 Å². The second-order valence-electron chi connectivity index (χ2n) is 7.98. The first-order valence-corrected chi connectivity index (χ1v) is 11.5. The molecule has 0 aliphatic carbocycles. The fourth-order valence-corrected chi connectivity index (χ4v) is 4.65. The van der Waals surface area contributed by atoms with Crippen LogP contribution < -0.4 is 10.6 Å². The van der Waals surface area contributed by atoms with Crippen molar-refractivity contribution in [1.29, 1.82) is 0 Å². The van der Waals surface area contributed by atoms with E-state index in [1.165, 1.54) is 5.56 Å². The number of fused-ring (bicyclic) bond motifs is 1. The summed E-state index contributed by atoms with van der Waals surface area (Å²) < 4.78 is 0. The van der Waals surface area contributed by atoms with Crippen LogP contribution in [0, 0.1) is 6.92 Å². The summed E-state index contributed by atoms with van der Waals surface area (Å²) in [5.41, 5.74) is 0.692. The Labute approximate surface area is 191 Å². The molecule has 1 aliphatic heterocycles. The lowest BCUT2D eigenvalue weighted by molar-refractivity contribution is -0.134. The number of aryl methyl sites for hydroxylation is 1. The van der Waals surface area contributed by atoms with E-state index < -0.39 is 17.5 Å². The van der Waals surface area contributed by atoms with Gasteiger partial charge in [0, 0.05) is 17.2 Å². The number of amides is 4. The van der Waals surface area contributed by atoms with Gasteiger partial charge in [-0.2, -0.15) is 0 Å². The van der Waals surface area contributed by atoms with Gasteiger partial charge in [-0.05, 0) is 42.3 Å². The Morgan fingerprint density at radius 2 is 1.75 bits per heavy atom. The van der Waals surface area contributed by atoms with E-state index in [2.05, 4.69) is 10.6 Å². The molecule has 1 fully saturated rings. The number of rotatable bonds is 7. The van der Waals surface area contributed by atoms with Crippen molar-refractivity contribution in [3.05, 3.63) is 77.9 Å². The molecule has 2 N–H and O–H groups in total. The van der Waals surface area contributed by atoms with E-state index >= 15 is 0 Å². The lowest BCUT2D eigenvalue weighted by Crippen LogP contribution is -2.43. The molecule has 1 unspecified atom stereocenters. The fraction of sp³-hybridized carbons (Fsp3) is 0.240. The van der Waals surface area contributed by atoms with Crippen LogP contribution in [0.4, 0.5) is 4.79 Å². The van der Waals surface area contributed by atoms with Gasteiger partial charge >= 0.3 is 6.03 Å². The molecule has 3 aromatic rings. The lowest BCUT2D eigenvalue weighted by atomic mass is 9.88. The predicted octanol–water partition coefficient (Wildman–Crippen LogP) is 3.82. The maximum absolute atomic E-state index is 13.2. The van der Waals surface area contributed by atoms with Gasteiger partial charge in [0.1, 0.15) is 12.1 Å². The molecule has 4 rings (SSSR count). The molecule has 0 aromatic heterocycles. The lowest BCUT2D eigenvalue weighted by Gasteiger charge is -2.24. The van der Waals surface area contributed by atoms with Crippen molar-refractivity contribution in [2.75, 3.05) is 18.8 Å². The zero-order valence-corrected chi connectivity index (χ0v) is 18.9. The van der Waals surface area contributed by atoms with E-state index in [0.29, 0.717) is 17.9 Å². The van der Waals surface area contributed by atoms with Crippen LogP contribution in [0.25, 0.3) is 10.8 Å². The highest BCUT2D eigenvalue weighted by atomic mass is 32.2. The van der Waals surface area contributed by atoms with Gasteiger partial charge in [0.15, 0.2) is 0 Å². The van der Waals surface area contributed by atoms with Gasteiger partial charge in [-0.15, -0.1) is 11.8 Å². The first-order chi connectivity index (χ1) is 15.4. The summed E-state index contributed by atoms with van der Waals surface area (Å²) >= 11 is 1.64. The summed E-state index contributed by atoms with van der Waals surface area (Å²) in [6.07, 6.45) is 0. The molecule has 0 bridgehead atoms. The molecule has 6 nitrogen and oxygen atoms in total. The van der Waals surface area contributed by atoms with Crippen molar-refractivity contribution in [1.82, 2.24) is 15.5 Å². The number of imide groups is 1. The van der Waals surface area contributed by atoms with Gasteiger partial charge in [-0.1, -0.05) is 60.2 Å². The highest BCUT2D eigenvalue weighted by molar-refractivity contribution is 7.99. The van der Waals surface area contributed by atoms with Crippen LogP contribution in [0.15, 0.2) is 71.6 Å². The summed E-state index contributed by atoms with van der Waals surface area (Å²) in [6, 6.07) is 21.0. The normalized spacial score (nSPS) is 18.1. The van der Waals surface area contributed by atoms with E-state index in [9.17, 15) is 14.4 Å². The quantitative estimate of drug-likeness (QED) is 0.328. The number of hydrogen-bond acceptors (Lipinski definition) is 4. The summed E-state index contributed by atoms with van der Waals surface area (Å²) in [5, 5.41) is 7.46. The Kier molecular flexibility index (Phi) is 6.19. The highest BCUT2D eigenvalue weighted by Gasteiger charge is 2.50. The van der Waals surface area contributed by atoms with Crippen LogP contribution in [-0.4, -0.2) is 41.6 Å². The zero-order valence-electron chi connectivity index (χ0n) is 18.1. The summed E-state index contributed by atoms with van der Waals surface area (Å²) in [7, 11) is 0. The Morgan fingerprint density at radius 3 is 2.53 bits per heavy atom. The minimum absolute atomic E-state index is 0.305. The van der Waals surface area contributed by atoms with Gasteiger partial charge in [0.25, 0.3) is 5.91 Å². The minimum Gasteiger partial charge on any atom is -0.354 e. The van der Waals surface area contributed by atoms with Crippen molar-refractivity contribution in [2.24, 2.45) is 0 Å². The molecule has 164 valence electrons.